The summed E-state index contributed by atoms with van der Waals surface area (Å²) in [5, 5.41) is 21.4. The number of rotatable bonds is 37. The van der Waals surface area contributed by atoms with Gasteiger partial charge in [0.25, 0.3) is 0 Å². The van der Waals surface area contributed by atoms with Gasteiger partial charge >= 0.3 is 48.1 Å². The van der Waals surface area contributed by atoms with Crippen molar-refractivity contribution in [3.8, 4) is 0 Å². The zero-order valence-corrected chi connectivity index (χ0v) is 59.7. The molecule has 0 radical (unpaired) electrons. The first-order valence-electron chi connectivity index (χ1n) is 32.9. The molecule has 0 bridgehead atoms. The minimum absolute atomic E-state index is 0. The average Bonchev–Trinajstić information content (AvgIpc) is 0.966. The van der Waals surface area contributed by atoms with Gasteiger partial charge in [-0.1, -0.05) is 220 Å². The molecule has 0 spiro atoms. The fraction of sp³-hybridized carbons (Fsp3) is 0.767. The Morgan fingerprint density at radius 2 is 0.900 bits per heavy atom. The molecule has 24 nitrogen and oxygen atoms in total. The Kier molecular flexibility index (Phi) is 92.5. The van der Waals surface area contributed by atoms with Gasteiger partial charge in [-0.25, -0.2) is 14.2 Å². The van der Waals surface area contributed by atoms with Gasteiger partial charge in [-0.3, -0.25) is 39.6 Å². The third-order valence-corrected chi connectivity index (χ3v) is 15.9. The number of carbonyl (C=O) groups is 8. The lowest BCUT2D eigenvalue weighted by molar-refractivity contribution is -0.928. The quantitative estimate of drug-likeness (QED) is 0.00929. The average molecular weight is 1590 g/mol. The van der Waals surface area contributed by atoms with E-state index in [1.165, 1.54) is 19.2 Å². The number of nitrogens with two attached hydrogens (primary N) is 1. The van der Waals surface area contributed by atoms with E-state index < -0.39 is 82.0 Å². The van der Waals surface area contributed by atoms with Gasteiger partial charge in [-0.05, 0) is 143 Å². The molecule has 5 N–H and O–H groups in total. The Morgan fingerprint density at radius 1 is 0.564 bits per heavy atom. The SMILES string of the molecule is C.C.C.C.C.C.C.C.C.C.C.C.C.C.C.C.CC1CO1.CCCCOC(=O)C(C)CC(C)(CC(CCC(C)(C)C(=O)OCC(O)COC(=O)N[N+](C)(C)CC(C)O)c1ccccc1)C(=O)OC.CCCCOC(=O)C(C)CC(C)(CC(CCC(C)(C)C(=O)OCC1COC(=O)O1)c1ccccc1)C(=O)OC.CN(C)N. The van der Waals surface area contributed by atoms with Crippen LogP contribution in [0.5, 0.6) is 0 Å². The molecule has 0 aromatic heterocycles. The van der Waals surface area contributed by atoms with Gasteiger partial charge in [0.05, 0.1) is 87.7 Å². The summed E-state index contributed by atoms with van der Waals surface area (Å²) in [6, 6.07) is 19.5. The number of unbranched alkanes of at least 4 members (excludes halogenated alkanes) is 2. The van der Waals surface area contributed by atoms with Crippen molar-refractivity contribution in [2.75, 3.05) is 95.2 Å². The zero-order chi connectivity index (χ0) is 71.5. The Bertz CT molecular complexity index is 2570. The number of amides is 1. The third kappa shape index (κ3) is 58.4. The highest BCUT2D eigenvalue weighted by Crippen LogP contribution is 2.44. The Morgan fingerprint density at radius 3 is 1.20 bits per heavy atom. The maximum atomic E-state index is 13.2. The van der Waals surface area contributed by atoms with Crippen molar-refractivity contribution in [3.63, 3.8) is 0 Å². The minimum Gasteiger partial charge on any atom is -0.469 e. The number of ether oxygens (including phenoxy) is 10. The number of methoxy groups -OCH3 is 2. The smallest absolute Gasteiger partial charge is 0.469 e. The number of nitrogens with zero attached hydrogens (tertiary/aromatic N) is 2. The molecule has 1 amide bonds. The predicted molar refractivity (Wildman–Crippen MR) is 461 cm³/mol. The van der Waals surface area contributed by atoms with E-state index in [4.69, 9.17) is 53.2 Å². The largest absolute Gasteiger partial charge is 0.508 e. The highest BCUT2D eigenvalue weighted by Gasteiger charge is 2.43. The molecule has 10 atom stereocenters. The van der Waals surface area contributed by atoms with Crippen LogP contribution < -0.4 is 11.3 Å². The van der Waals surface area contributed by atoms with Crippen LogP contribution in [0.15, 0.2) is 60.7 Å². The number of nitrogens with one attached hydrogen (secondary N) is 1. The first-order chi connectivity index (χ1) is 43.9. The van der Waals surface area contributed by atoms with Crippen LogP contribution in [0.2, 0.25) is 0 Å². The number of aliphatic hydroxyl groups excluding tert-OH is 2. The number of cyclic esters (lactones) is 2. The summed E-state index contributed by atoms with van der Waals surface area (Å²) in [4.78, 5) is 101. The zero-order valence-electron chi connectivity index (χ0n) is 59.7. The van der Waals surface area contributed by atoms with Gasteiger partial charge < -0.3 is 57.6 Å². The molecular formula is C86H181N4O20+. The van der Waals surface area contributed by atoms with Gasteiger partial charge in [-0.2, -0.15) is 5.43 Å². The number of hydrogen-bond donors (Lipinski definition) is 4. The van der Waals surface area contributed by atoms with E-state index in [-0.39, 0.29) is 199 Å². The standard InChI is InChI=1S/C35H58N2O10.C30H44O9.C3H6O.C2H8N2.16CH4/c1-10-11-19-45-30(40)25(2)20-35(6,32(42)44-9)21-28(27-15-13-12-14-16-27)17-18-34(4,5)31(41)46-23-29(39)24-47-33(43)36-37(7,8)22-26(3)38;1-7-8-16-36-25(31)21(2)17-30(5,27(33)35-6)18-23(22-12-10-9-11-13-22)14-15-29(3,4)26(32)37-19-24-20-38-28(34)39-24;1-3-2-4-3;1-4(2)3;;;;;;;;;;;;;;;;/h12-16,25-26,28-29,38-39H,10-11,17-24H2,1-9H3;9-13,21,23-24H,7-8,14-20H2,1-6H3;3H,2H2,1H3;3H2,1-2H3;16*1H4/p+1. The lowest BCUT2D eigenvalue weighted by Crippen LogP contribution is -2.57. The third-order valence-electron chi connectivity index (χ3n) is 15.9. The number of hydrogen-bond acceptors (Lipinski definition) is 22. The second-order valence-corrected chi connectivity index (χ2v) is 27.5. The molecule has 2 aromatic rings. The van der Waals surface area contributed by atoms with E-state index in [2.05, 4.69) is 12.3 Å². The number of benzene rings is 2. The summed E-state index contributed by atoms with van der Waals surface area (Å²) in [7, 11) is 9.61. The van der Waals surface area contributed by atoms with E-state index in [0.29, 0.717) is 57.8 Å². The number of epoxide rings is 1. The summed E-state index contributed by atoms with van der Waals surface area (Å²) < 4.78 is 51.4. The van der Waals surface area contributed by atoms with Crippen molar-refractivity contribution < 1.29 is 101 Å². The fourth-order valence-electron chi connectivity index (χ4n) is 10.5. The molecule has 0 aliphatic carbocycles. The Hall–Kier alpha value is -6.44. The Labute approximate surface area is 677 Å². The molecule has 4 rings (SSSR count). The molecule has 664 valence electrons. The van der Waals surface area contributed by atoms with E-state index in [1.807, 2.05) is 95.3 Å². The number of carbonyl (C=O) groups excluding carboxylic acids is 8. The van der Waals surface area contributed by atoms with Crippen LogP contribution in [-0.4, -0.2) is 187 Å². The van der Waals surface area contributed by atoms with Crippen LogP contribution in [0, 0.1) is 33.5 Å². The molecule has 10 unspecified atom stereocenters. The first-order valence-corrected chi connectivity index (χ1v) is 32.9. The van der Waals surface area contributed by atoms with E-state index >= 15 is 0 Å². The maximum absolute atomic E-state index is 13.2. The lowest BCUT2D eigenvalue weighted by atomic mass is 9.71. The van der Waals surface area contributed by atoms with Gasteiger partial charge in [0.1, 0.15) is 45.2 Å². The lowest BCUT2D eigenvalue weighted by Gasteiger charge is -2.34. The highest BCUT2D eigenvalue weighted by molar-refractivity contribution is 5.80. The van der Waals surface area contributed by atoms with Crippen molar-refractivity contribution in [3.05, 3.63) is 71.8 Å². The molecular weight excluding hydrogens is 1410 g/mol. The molecule has 2 aromatic carbocycles. The Balaban J connectivity index is -0.0000000924. The number of quaternary nitrogens is 1. The summed E-state index contributed by atoms with van der Waals surface area (Å²) in [5.74, 6) is 1.30. The molecule has 2 heterocycles. The maximum Gasteiger partial charge on any atom is 0.508 e. The number of esters is 6. The van der Waals surface area contributed by atoms with Gasteiger partial charge in [0.2, 0.25) is 0 Å². The normalized spacial score (nSPS) is 14.9. The van der Waals surface area contributed by atoms with Gasteiger partial charge in [0, 0.05) is 14.1 Å². The van der Waals surface area contributed by atoms with Crippen LogP contribution >= 0.6 is 0 Å². The van der Waals surface area contributed by atoms with E-state index in [9.17, 15) is 48.6 Å². The van der Waals surface area contributed by atoms with E-state index in [1.54, 1.807) is 69.7 Å². The van der Waals surface area contributed by atoms with Crippen LogP contribution in [0.4, 0.5) is 9.59 Å². The van der Waals surface area contributed by atoms with E-state index in [0.717, 1.165) is 43.4 Å². The molecule has 2 saturated heterocycles. The molecule has 2 aliphatic rings. The number of hydrazine groups is 1. The highest BCUT2D eigenvalue weighted by atomic mass is 16.8. The molecule has 110 heavy (non-hydrogen) atoms. The van der Waals surface area contributed by atoms with Crippen molar-refractivity contribution in [2.45, 2.75) is 315 Å². The summed E-state index contributed by atoms with van der Waals surface area (Å²) in [5.41, 5.74) is 0.886. The molecule has 0 saturated carbocycles. The number of aliphatic hydroxyl groups is 2. The molecule has 24 heteroatoms. The molecule has 2 fully saturated rings. The van der Waals surface area contributed by atoms with Crippen molar-refractivity contribution in [1.82, 2.24) is 10.4 Å². The monoisotopic (exact) mass is 1590 g/mol. The van der Waals surface area contributed by atoms with Crippen LogP contribution in [0.3, 0.4) is 0 Å². The van der Waals surface area contributed by atoms with Crippen molar-refractivity contribution in [1.29, 1.82) is 0 Å². The minimum atomic E-state index is -1.23. The van der Waals surface area contributed by atoms with Gasteiger partial charge in [0.15, 0.2) is 6.10 Å². The summed E-state index contributed by atoms with van der Waals surface area (Å²) in [6.07, 6.45) is 3.29. The van der Waals surface area contributed by atoms with Crippen LogP contribution in [-0.2, 0) is 76.1 Å². The second kappa shape index (κ2) is 71.6. The topological polar surface area (TPSA) is 314 Å². The summed E-state index contributed by atoms with van der Waals surface area (Å²) >= 11 is 0. The van der Waals surface area contributed by atoms with Crippen LogP contribution in [0.25, 0.3) is 0 Å². The van der Waals surface area contributed by atoms with Crippen molar-refractivity contribution >= 4 is 48.1 Å². The first kappa shape index (κ1) is 142. The van der Waals surface area contributed by atoms with Gasteiger partial charge in [-0.15, -0.1) is 0 Å². The molecule has 2 aliphatic heterocycles. The van der Waals surface area contributed by atoms with Crippen molar-refractivity contribution in [2.24, 2.45) is 39.3 Å². The van der Waals surface area contributed by atoms with Crippen LogP contribution in [0.1, 0.15) is 302 Å². The predicted octanol–water partition coefficient (Wildman–Crippen LogP) is 20.1. The second-order valence-electron chi connectivity index (χ2n) is 27.5. The fourth-order valence-corrected chi connectivity index (χ4v) is 10.5. The number of likely N-dealkylation sites (N-methyl/N-ethyl adjacent to an activating group) is 1. The summed E-state index contributed by atoms with van der Waals surface area (Å²) in [6.45, 7) is 23.2.